The molecule has 3 rings (SSSR count). The van der Waals surface area contributed by atoms with Gasteiger partial charge in [-0.15, -0.1) is 0 Å². The first kappa shape index (κ1) is 20.1. The maximum Gasteiger partial charge on any atom is 0.269 e. The van der Waals surface area contributed by atoms with E-state index in [0.29, 0.717) is 30.0 Å². The summed E-state index contributed by atoms with van der Waals surface area (Å²) in [5.74, 6) is -0.418. The first-order chi connectivity index (χ1) is 13.5. The molecule has 0 bridgehead atoms. The fourth-order valence-corrected chi connectivity index (χ4v) is 3.20. The minimum Gasteiger partial charge on any atom is -0.385 e. The third-order valence-electron chi connectivity index (χ3n) is 4.67. The van der Waals surface area contributed by atoms with Gasteiger partial charge in [0.15, 0.2) is 0 Å². The quantitative estimate of drug-likeness (QED) is 0.370. The van der Waals surface area contributed by atoms with Crippen LogP contribution < -0.4 is 5.32 Å². The number of benzene rings is 2. The zero-order chi connectivity index (χ0) is 20.1. The number of nitrogens with one attached hydrogen (secondary N) is 1. The molecule has 1 aliphatic carbocycles. The Kier molecular flexibility index (Phi) is 6.46. The number of amides is 1. The van der Waals surface area contributed by atoms with Gasteiger partial charge in [0, 0.05) is 47.4 Å². The van der Waals surface area contributed by atoms with Crippen molar-refractivity contribution in [3.05, 3.63) is 69.0 Å². The van der Waals surface area contributed by atoms with Gasteiger partial charge in [0.25, 0.3) is 5.69 Å². The summed E-state index contributed by atoms with van der Waals surface area (Å²) in [6, 6.07) is 10.8. The van der Waals surface area contributed by atoms with Crippen molar-refractivity contribution in [3.8, 4) is 0 Å². The highest BCUT2D eigenvalue weighted by Crippen LogP contribution is 2.31. The summed E-state index contributed by atoms with van der Waals surface area (Å²) >= 11 is 6.10. The summed E-state index contributed by atoms with van der Waals surface area (Å²) < 4.78 is 14.1. The summed E-state index contributed by atoms with van der Waals surface area (Å²) in [6.07, 6.45) is 2.80. The molecule has 0 heterocycles. The Morgan fingerprint density at radius 2 is 1.96 bits per heavy atom. The molecule has 28 heavy (non-hydrogen) atoms. The van der Waals surface area contributed by atoms with E-state index in [4.69, 9.17) is 11.6 Å². The fourth-order valence-electron chi connectivity index (χ4n) is 2.98. The van der Waals surface area contributed by atoms with Crippen LogP contribution in [0.2, 0.25) is 5.02 Å². The number of carbonyl (C=O) groups is 1. The second-order valence-corrected chi connectivity index (χ2v) is 7.19. The van der Waals surface area contributed by atoms with Crippen LogP contribution in [-0.2, 0) is 11.3 Å². The molecule has 0 unspecified atom stereocenters. The maximum atomic E-state index is 14.1. The second kappa shape index (κ2) is 9.01. The Hall–Kier alpha value is -2.67. The van der Waals surface area contributed by atoms with Crippen LogP contribution in [0.5, 0.6) is 0 Å². The monoisotopic (exact) mass is 405 g/mol. The number of anilines is 1. The molecular formula is C20H21ClFN3O3. The molecule has 1 amide bonds. The van der Waals surface area contributed by atoms with Crippen LogP contribution in [-0.4, -0.2) is 28.3 Å². The second-order valence-electron chi connectivity index (χ2n) is 6.79. The Morgan fingerprint density at radius 1 is 1.25 bits per heavy atom. The normalized spacial score (nSPS) is 13.2. The topological polar surface area (TPSA) is 75.5 Å². The molecule has 0 aliphatic heterocycles. The summed E-state index contributed by atoms with van der Waals surface area (Å²) in [7, 11) is 0. The Morgan fingerprint density at radius 3 is 2.57 bits per heavy atom. The van der Waals surface area contributed by atoms with E-state index in [2.05, 4.69) is 5.32 Å². The van der Waals surface area contributed by atoms with Gasteiger partial charge in [-0.05, 0) is 43.5 Å². The Labute approximate surface area is 167 Å². The molecule has 0 radical (unpaired) electrons. The van der Waals surface area contributed by atoms with Gasteiger partial charge in [-0.25, -0.2) is 4.39 Å². The number of halogens is 2. The van der Waals surface area contributed by atoms with E-state index >= 15 is 0 Å². The zero-order valence-electron chi connectivity index (χ0n) is 15.2. The molecule has 0 aromatic heterocycles. The van der Waals surface area contributed by atoms with Gasteiger partial charge in [0.05, 0.1) is 11.5 Å². The maximum absolute atomic E-state index is 14.1. The van der Waals surface area contributed by atoms with Crippen molar-refractivity contribution in [1.29, 1.82) is 0 Å². The third-order valence-corrected chi connectivity index (χ3v) is 5.03. The van der Waals surface area contributed by atoms with Crippen molar-refractivity contribution < 1.29 is 14.1 Å². The van der Waals surface area contributed by atoms with E-state index in [9.17, 15) is 19.3 Å². The lowest BCUT2D eigenvalue weighted by Crippen LogP contribution is -2.33. The fraction of sp³-hybridized carbons (Fsp3) is 0.350. The van der Waals surface area contributed by atoms with Gasteiger partial charge in [0.2, 0.25) is 5.91 Å². The van der Waals surface area contributed by atoms with Crippen LogP contribution in [0.3, 0.4) is 0 Å². The average molecular weight is 406 g/mol. The molecule has 1 N–H and O–H groups in total. The molecule has 0 saturated heterocycles. The van der Waals surface area contributed by atoms with E-state index < -0.39 is 10.7 Å². The minimum atomic E-state index is -0.448. The first-order valence-corrected chi connectivity index (χ1v) is 9.54. The van der Waals surface area contributed by atoms with E-state index in [1.54, 1.807) is 29.2 Å². The van der Waals surface area contributed by atoms with Crippen LogP contribution in [0.4, 0.5) is 15.8 Å². The number of rotatable bonds is 9. The molecule has 0 atom stereocenters. The lowest BCUT2D eigenvalue weighted by Gasteiger charge is -2.23. The lowest BCUT2D eigenvalue weighted by molar-refractivity contribution is -0.384. The number of non-ortho nitro benzene ring substituents is 1. The highest BCUT2D eigenvalue weighted by atomic mass is 35.5. The smallest absolute Gasteiger partial charge is 0.269 e. The van der Waals surface area contributed by atoms with E-state index in [0.717, 1.165) is 18.5 Å². The molecule has 8 heteroatoms. The van der Waals surface area contributed by atoms with Crippen molar-refractivity contribution in [1.82, 2.24) is 4.90 Å². The number of nitro benzene ring substituents is 1. The zero-order valence-corrected chi connectivity index (χ0v) is 16.0. The van der Waals surface area contributed by atoms with Crippen LogP contribution in [0.25, 0.3) is 0 Å². The largest absolute Gasteiger partial charge is 0.385 e. The highest BCUT2D eigenvalue weighted by molar-refractivity contribution is 6.31. The van der Waals surface area contributed by atoms with Crippen molar-refractivity contribution >= 4 is 28.9 Å². The van der Waals surface area contributed by atoms with Gasteiger partial charge in [-0.1, -0.05) is 17.7 Å². The molecule has 148 valence electrons. The number of nitro groups is 1. The number of nitrogens with zero attached hydrogens (tertiary/aromatic N) is 2. The average Bonchev–Trinajstić information content (AvgIpc) is 3.50. The van der Waals surface area contributed by atoms with Crippen molar-refractivity contribution in [2.75, 3.05) is 11.9 Å². The minimum absolute atomic E-state index is 0.0210. The molecule has 0 spiro atoms. The summed E-state index contributed by atoms with van der Waals surface area (Å²) in [6.45, 7) is 0.743. The van der Waals surface area contributed by atoms with Gasteiger partial charge >= 0.3 is 0 Å². The molecular weight excluding hydrogens is 385 g/mol. The first-order valence-electron chi connectivity index (χ1n) is 9.16. The Bertz CT molecular complexity index is 836. The van der Waals surface area contributed by atoms with Crippen molar-refractivity contribution in [2.45, 2.75) is 38.3 Å². The summed E-state index contributed by atoms with van der Waals surface area (Å²) in [4.78, 5) is 24.6. The summed E-state index contributed by atoms with van der Waals surface area (Å²) in [5, 5.41) is 14.1. The van der Waals surface area contributed by atoms with Crippen molar-refractivity contribution in [2.24, 2.45) is 0 Å². The predicted molar refractivity (Wildman–Crippen MR) is 106 cm³/mol. The number of hydrogen-bond donors (Lipinski definition) is 1. The molecule has 2 aromatic rings. The van der Waals surface area contributed by atoms with Crippen LogP contribution in [0.1, 0.15) is 31.2 Å². The predicted octanol–water partition coefficient (Wildman–Crippen LogP) is 4.77. The Balaban J connectivity index is 1.50. The van der Waals surface area contributed by atoms with Crippen LogP contribution in [0, 0.1) is 15.9 Å². The SMILES string of the molecule is O=C(CCCNc1ccc([N+](=O)[O-])cc1)N(Cc1c(F)cccc1Cl)C1CC1. The number of hydrogen-bond acceptors (Lipinski definition) is 4. The highest BCUT2D eigenvalue weighted by Gasteiger charge is 2.33. The van der Waals surface area contributed by atoms with E-state index in [1.807, 2.05) is 0 Å². The molecule has 1 fully saturated rings. The molecule has 2 aromatic carbocycles. The van der Waals surface area contributed by atoms with E-state index in [-0.39, 0.29) is 24.2 Å². The van der Waals surface area contributed by atoms with Gasteiger partial charge in [-0.3, -0.25) is 14.9 Å². The molecule has 1 saturated carbocycles. The van der Waals surface area contributed by atoms with Crippen molar-refractivity contribution in [3.63, 3.8) is 0 Å². The molecule has 6 nitrogen and oxygen atoms in total. The van der Waals surface area contributed by atoms with Crippen LogP contribution in [0.15, 0.2) is 42.5 Å². The summed E-state index contributed by atoms with van der Waals surface area (Å²) in [5.41, 5.74) is 1.15. The lowest BCUT2D eigenvalue weighted by atomic mass is 10.1. The standard InChI is InChI=1S/C20H21ClFN3O3/c21-18-3-1-4-19(22)17(18)13-24(15-10-11-15)20(26)5-2-12-23-14-6-8-16(9-7-14)25(27)28/h1,3-4,6-9,15,23H,2,5,10-13H2. The van der Waals surface area contributed by atoms with Gasteiger partial charge in [0.1, 0.15) is 5.82 Å². The van der Waals surface area contributed by atoms with Crippen LogP contribution >= 0.6 is 11.6 Å². The van der Waals surface area contributed by atoms with Gasteiger partial charge < -0.3 is 10.2 Å². The number of carbonyl (C=O) groups excluding carboxylic acids is 1. The third kappa shape index (κ3) is 5.19. The van der Waals surface area contributed by atoms with Gasteiger partial charge in [-0.2, -0.15) is 0 Å². The molecule has 1 aliphatic rings. The van der Waals surface area contributed by atoms with E-state index in [1.165, 1.54) is 18.2 Å².